The van der Waals surface area contributed by atoms with Gasteiger partial charge in [-0.15, -0.1) is 0 Å². The molecule has 2 heterocycles. The Morgan fingerprint density at radius 1 is 0.614 bits per heavy atom. The second-order valence-electron chi connectivity index (χ2n) is 12.0. The van der Waals surface area contributed by atoms with Crippen molar-refractivity contribution < 1.29 is 4.57 Å². The SMILES string of the molecule is Cc1cccc2c1N(c1cc(C(C)C)cc[n+]1C)B(c1c(-c3ccccc3)cccc1-c1ccccc1)N2c1ccccc1. The number of hydrogen-bond acceptors (Lipinski definition) is 2. The van der Waals surface area contributed by atoms with Gasteiger partial charge in [0.05, 0.1) is 18.9 Å². The molecular weight excluding hydrogens is 533 g/mol. The summed E-state index contributed by atoms with van der Waals surface area (Å²) in [6.45, 7) is 6.63. The summed E-state index contributed by atoms with van der Waals surface area (Å²) in [5.41, 5.74) is 12.3. The minimum absolute atomic E-state index is 0.159. The van der Waals surface area contributed by atoms with Crippen molar-refractivity contribution in [1.29, 1.82) is 0 Å². The lowest BCUT2D eigenvalue weighted by molar-refractivity contribution is -0.658. The van der Waals surface area contributed by atoms with Gasteiger partial charge in [0.25, 0.3) is 5.82 Å². The maximum absolute atomic E-state index is 2.58. The number of aryl methyl sites for hydroxylation is 2. The van der Waals surface area contributed by atoms with Gasteiger partial charge in [-0.25, -0.2) is 4.57 Å². The van der Waals surface area contributed by atoms with Gasteiger partial charge in [-0.3, -0.25) is 4.81 Å². The molecule has 0 aliphatic carbocycles. The Hall–Kier alpha value is -5.09. The summed E-state index contributed by atoms with van der Waals surface area (Å²) in [5, 5.41) is 0. The predicted octanol–water partition coefficient (Wildman–Crippen LogP) is 8.96. The second kappa shape index (κ2) is 11.5. The van der Waals surface area contributed by atoms with Crippen LogP contribution in [0.4, 0.5) is 22.9 Å². The van der Waals surface area contributed by atoms with Crippen molar-refractivity contribution in [2.24, 2.45) is 7.05 Å². The maximum atomic E-state index is 2.58. The molecule has 6 aromatic rings. The highest BCUT2D eigenvalue weighted by Gasteiger charge is 2.53. The molecule has 0 N–H and O–H groups in total. The van der Waals surface area contributed by atoms with Crippen molar-refractivity contribution in [2.45, 2.75) is 26.7 Å². The summed E-state index contributed by atoms with van der Waals surface area (Å²) in [5.74, 6) is 1.58. The molecule has 0 saturated heterocycles. The molecule has 0 fully saturated rings. The number of hydrogen-bond donors (Lipinski definition) is 0. The number of benzene rings is 5. The lowest BCUT2D eigenvalue weighted by Gasteiger charge is -2.28. The normalized spacial score (nSPS) is 12.6. The third-order valence-electron chi connectivity index (χ3n) is 8.84. The Balaban J connectivity index is 1.62. The Morgan fingerprint density at radius 3 is 1.77 bits per heavy atom. The molecule has 0 amide bonds. The van der Waals surface area contributed by atoms with Gasteiger partial charge in [0.1, 0.15) is 5.69 Å². The average molecular weight is 571 g/mol. The molecule has 1 aromatic heterocycles. The Morgan fingerprint density at radius 2 is 1.18 bits per heavy atom. The van der Waals surface area contributed by atoms with E-state index in [-0.39, 0.29) is 6.98 Å². The summed E-state index contributed by atoms with van der Waals surface area (Å²) in [4.78, 5) is 5.12. The second-order valence-corrected chi connectivity index (χ2v) is 12.0. The number of para-hydroxylation sites is 2. The van der Waals surface area contributed by atoms with E-state index in [2.05, 4.69) is 188 Å². The Bertz CT molecular complexity index is 1860. The molecule has 7 rings (SSSR count). The van der Waals surface area contributed by atoms with Gasteiger partial charge in [-0.05, 0) is 70.5 Å². The molecule has 0 unspecified atom stereocenters. The van der Waals surface area contributed by atoms with Crippen LogP contribution in [0.5, 0.6) is 0 Å². The van der Waals surface area contributed by atoms with Gasteiger partial charge in [-0.2, -0.15) is 0 Å². The van der Waals surface area contributed by atoms with Crippen molar-refractivity contribution in [3.63, 3.8) is 0 Å². The van der Waals surface area contributed by atoms with E-state index in [1.807, 2.05) is 0 Å². The molecule has 0 atom stereocenters. The van der Waals surface area contributed by atoms with E-state index in [0.717, 1.165) is 11.5 Å². The molecule has 0 saturated carbocycles. The van der Waals surface area contributed by atoms with E-state index in [1.54, 1.807) is 0 Å². The third-order valence-corrected chi connectivity index (χ3v) is 8.84. The summed E-state index contributed by atoms with van der Waals surface area (Å²) in [6.07, 6.45) is 2.21. The molecule has 0 radical (unpaired) electrons. The van der Waals surface area contributed by atoms with E-state index in [9.17, 15) is 0 Å². The fraction of sp³-hybridized carbons (Fsp3) is 0.125. The van der Waals surface area contributed by atoms with E-state index >= 15 is 0 Å². The van der Waals surface area contributed by atoms with Crippen LogP contribution in [0, 0.1) is 6.92 Å². The fourth-order valence-electron chi connectivity index (χ4n) is 6.64. The van der Waals surface area contributed by atoms with Gasteiger partial charge >= 0.3 is 6.98 Å². The quantitative estimate of drug-likeness (QED) is 0.146. The third kappa shape index (κ3) is 4.77. The van der Waals surface area contributed by atoms with Crippen LogP contribution in [0.3, 0.4) is 0 Å². The Labute approximate surface area is 261 Å². The largest absolute Gasteiger partial charge is 0.543 e. The molecule has 5 aromatic carbocycles. The zero-order valence-electron chi connectivity index (χ0n) is 25.9. The summed E-state index contributed by atoms with van der Waals surface area (Å²) < 4.78 is 2.27. The summed E-state index contributed by atoms with van der Waals surface area (Å²) >= 11 is 0. The van der Waals surface area contributed by atoms with Crippen molar-refractivity contribution in [1.82, 2.24) is 0 Å². The van der Waals surface area contributed by atoms with Crippen LogP contribution in [-0.2, 0) is 7.05 Å². The Kier molecular flexibility index (Phi) is 7.27. The van der Waals surface area contributed by atoms with E-state index in [0.29, 0.717) is 5.92 Å². The highest BCUT2D eigenvalue weighted by atomic mass is 15.3. The van der Waals surface area contributed by atoms with Gasteiger partial charge in [0.15, 0.2) is 0 Å². The summed E-state index contributed by atoms with van der Waals surface area (Å²) in [7, 11) is 2.17. The van der Waals surface area contributed by atoms with Gasteiger partial charge in [0, 0.05) is 17.2 Å². The number of nitrogens with zero attached hydrogens (tertiary/aromatic N) is 3. The van der Waals surface area contributed by atoms with Crippen LogP contribution in [0.25, 0.3) is 22.3 Å². The first-order valence-corrected chi connectivity index (χ1v) is 15.5. The van der Waals surface area contributed by atoms with Crippen LogP contribution in [-0.4, -0.2) is 6.98 Å². The molecule has 4 heteroatoms. The minimum Gasteiger partial charge on any atom is -0.336 e. The molecule has 3 nitrogen and oxygen atoms in total. The van der Waals surface area contributed by atoms with Crippen LogP contribution < -0.4 is 19.7 Å². The van der Waals surface area contributed by atoms with E-state index in [4.69, 9.17) is 0 Å². The molecule has 44 heavy (non-hydrogen) atoms. The van der Waals surface area contributed by atoms with Crippen molar-refractivity contribution in [3.05, 3.63) is 157 Å². The molecule has 0 spiro atoms. The van der Waals surface area contributed by atoms with Crippen molar-refractivity contribution >= 4 is 35.3 Å². The topological polar surface area (TPSA) is 10.4 Å². The number of fused-ring (bicyclic) bond motifs is 1. The highest BCUT2D eigenvalue weighted by molar-refractivity contribution is 6.86. The van der Waals surface area contributed by atoms with Gasteiger partial charge in [-0.1, -0.05) is 123 Å². The van der Waals surface area contributed by atoms with E-state index in [1.165, 1.54) is 50.2 Å². The lowest BCUT2D eigenvalue weighted by atomic mass is 9.59. The van der Waals surface area contributed by atoms with Gasteiger partial charge < -0.3 is 4.81 Å². The fourth-order valence-corrected chi connectivity index (χ4v) is 6.64. The van der Waals surface area contributed by atoms with Crippen molar-refractivity contribution in [2.75, 3.05) is 9.62 Å². The minimum atomic E-state index is -0.159. The number of rotatable bonds is 6. The van der Waals surface area contributed by atoms with Crippen molar-refractivity contribution in [3.8, 4) is 22.3 Å². The molecule has 214 valence electrons. The molecular formula is C40H37BN3+. The zero-order chi connectivity index (χ0) is 30.2. The standard InChI is InChI=1S/C40H37BN3/c1-29(2)33-26-27-42(4)38(28-33)44-40-30(3)16-14-25-37(40)43(34-21-12-7-13-22-34)41(44)39-35(31-17-8-5-9-18-31)23-15-24-36(39)32-19-10-6-11-20-32/h5-29H,1-4H3/q+1. The average Bonchev–Trinajstić information content (AvgIpc) is 3.41. The monoisotopic (exact) mass is 570 g/mol. The lowest BCUT2D eigenvalue weighted by Crippen LogP contribution is -2.57. The smallest absolute Gasteiger partial charge is 0.336 e. The number of pyridine rings is 1. The number of aromatic nitrogens is 1. The number of anilines is 4. The molecule has 1 aliphatic rings. The maximum Gasteiger partial charge on any atom is 0.543 e. The van der Waals surface area contributed by atoms with Crippen LogP contribution >= 0.6 is 0 Å². The van der Waals surface area contributed by atoms with Gasteiger partial charge in [0.2, 0.25) is 0 Å². The first-order chi connectivity index (χ1) is 21.5. The predicted molar refractivity (Wildman–Crippen MR) is 186 cm³/mol. The van der Waals surface area contributed by atoms with Crippen LogP contribution in [0.2, 0.25) is 0 Å². The zero-order valence-corrected chi connectivity index (χ0v) is 25.9. The molecule has 1 aliphatic heterocycles. The van der Waals surface area contributed by atoms with Crippen LogP contribution in [0.1, 0.15) is 30.9 Å². The summed E-state index contributed by atoms with van der Waals surface area (Å²) in [6, 6.07) is 50.7. The van der Waals surface area contributed by atoms with Crippen LogP contribution in [0.15, 0.2) is 146 Å². The van der Waals surface area contributed by atoms with E-state index < -0.39 is 0 Å². The molecule has 0 bridgehead atoms. The first-order valence-electron chi connectivity index (χ1n) is 15.5. The highest BCUT2D eigenvalue weighted by Crippen LogP contribution is 2.48. The first kappa shape index (κ1) is 27.7.